The van der Waals surface area contributed by atoms with Gasteiger partial charge < -0.3 is 10.4 Å². The number of carbonyl (C=O) groups is 1. The minimum absolute atomic E-state index is 0.0465. The summed E-state index contributed by atoms with van der Waals surface area (Å²) in [6.07, 6.45) is 1.63. The fourth-order valence-electron chi connectivity index (χ4n) is 1.46. The SMILES string of the molecule is Cn1cnc(CNCc2cccc(C(=O)O)n2)n1. The average molecular weight is 247 g/mol. The van der Waals surface area contributed by atoms with Crippen LogP contribution in [0.1, 0.15) is 22.0 Å². The fraction of sp³-hybridized carbons (Fsp3) is 0.273. The second kappa shape index (κ2) is 5.37. The molecule has 0 saturated carbocycles. The van der Waals surface area contributed by atoms with E-state index in [0.29, 0.717) is 24.6 Å². The molecule has 0 atom stereocenters. The van der Waals surface area contributed by atoms with E-state index in [0.717, 1.165) is 0 Å². The highest BCUT2D eigenvalue weighted by molar-refractivity contribution is 5.85. The van der Waals surface area contributed by atoms with E-state index in [-0.39, 0.29) is 5.69 Å². The van der Waals surface area contributed by atoms with E-state index in [1.807, 2.05) is 0 Å². The highest BCUT2D eigenvalue weighted by Crippen LogP contribution is 1.99. The van der Waals surface area contributed by atoms with E-state index in [1.165, 1.54) is 6.07 Å². The lowest BCUT2D eigenvalue weighted by atomic mass is 10.3. The number of hydrogen-bond donors (Lipinski definition) is 2. The lowest BCUT2D eigenvalue weighted by molar-refractivity contribution is 0.0690. The average Bonchev–Trinajstić information content (AvgIpc) is 2.75. The van der Waals surface area contributed by atoms with Gasteiger partial charge in [0.15, 0.2) is 5.82 Å². The first-order valence-electron chi connectivity index (χ1n) is 5.39. The molecule has 7 nitrogen and oxygen atoms in total. The number of rotatable bonds is 5. The molecule has 2 aromatic heterocycles. The van der Waals surface area contributed by atoms with E-state index in [1.54, 1.807) is 30.2 Å². The molecule has 0 bridgehead atoms. The summed E-state index contributed by atoms with van der Waals surface area (Å²) >= 11 is 0. The number of aromatic carboxylic acids is 1. The van der Waals surface area contributed by atoms with Gasteiger partial charge in [0, 0.05) is 13.6 Å². The molecule has 2 aromatic rings. The van der Waals surface area contributed by atoms with Crippen molar-refractivity contribution in [3.8, 4) is 0 Å². The van der Waals surface area contributed by atoms with Crippen LogP contribution in [0.25, 0.3) is 0 Å². The number of nitrogens with zero attached hydrogens (tertiary/aromatic N) is 4. The van der Waals surface area contributed by atoms with Crippen LogP contribution in [0.3, 0.4) is 0 Å². The summed E-state index contributed by atoms with van der Waals surface area (Å²) < 4.78 is 1.63. The molecule has 0 saturated heterocycles. The third-order valence-corrected chi connectivity index (χ3v) is 2.26. The van der Waals surface area contributed by atoms with Crippen LogP contribution in [-0.4, -0.2) is 30.8 Å². The molecule has 0 spiro atoms. The minimum atomic E-state index is -1.02. The van der Waals surface area contributed by atoms with E-state index in [9.17, 15) is 4.79 Å². The topological polar surface area (TPSA) is 92.9 Å². The van der Waals surface area contributed by atoms with Crippen molar-refractivity contribution in [3.05, 3.63) is 41.7 Å². The molecule has 2 N–H and O–H groups in total. The predicted molar refractivity (Wildman–Crippen MR) is 62.7 cm³/mol. The van der Waals surface area contributed by atoms with Gasteiger partial charge in [-0.15, -0.1) is 0 Å². The van der Waals surface area contributed by atoms with Crippen molar-refractivity contribution in [2.45, 2.75) is 13.1 Å². The molecule has 7 heteroatoms. The predicted octanol–water partition coefficient (Wildman–Crippen LogP) is 0.198. The first-order chi connectivity index (χ1) is 8.65. The van der Waals surface area contributed by atoms with Gasteiger partial charge in [0.1, 0.15) is 12.0 Å². The lowest BCUT2D eigenvalue weighted by Gasteiger charge is -2.02. The first-order valence-corrected chi connectivity index (χ1v) is 5.39. The molecule has 0 amide bonds. The zero-order valence-corrected chi connectivity index (χ0v) is 9.87. The normalized spacial score (nSPS) is 10.5. The molecular weight excluding hydrogens is 234 g/mol. The van der Waals surface area contributed by atoms with Crippen molar-refractivity contribution in [2.75, 3.05) is 0 Å². The molecule has 2 rings (SSSR count). The van der Waals surface area contributed by atoms with E-state index >= 15 is 0 Å². The van der Waals surface area contributed by atoms with Crippen LogP contribution in [0.2, 0.25) is 0 Å². The largest absolute Gasteiger partial charge is 0.477 e. The first kappa shape index (κ1) is 12.2. The van der Waals surface area contributed by atoms with Crippen molar-refractivity contribution in [1.29, 1.82) is 0 Å². The number of aromatic nitrogens is 4. The highest BCUT2D eigenvalue weighted by Gasteiger charge is 2.05. The zero-order valence-electron chi connectivity index (χ0n) is 9.87. The molecule has 2 heterocycles. The van der Waals surface area contributed by atoms with Crippen LogP contribution in [-0.2, 0) is 20.1 Å². The maximum atomic E-state index is 10.7. The van der Waals surface area contributed by atoms with Gasteiger partial charge in [-0.05, 0) is 12.1 Å². The quantitative estimate of drug-likeness (QED) is 0.784. The van der Waals surface area contributed by atoms with Gasteiger partial charge in [0.2, 0.25) is 0 Å². The summed E-state index contributed by atoms with van der Waals surface area (Å²) in [5.41, 5.74) is 0.719. The van der Waals surface area contributed by atoms with Crippen molar-refractivity contribution >= 4 is 5.97 Å². The van der Waals surface area contributed by atoms with Crippen molar-refractivity contribution in [1.82, 2.24) is 25.1 Å². The molecule has 0 aliphatic rings. The van der Waals surface area contributed by atoms with Crippen LogP contribution >= 0.6 is 0 Å². The van der Waals surface area contributed by atoms with Gasteiger partial charge >= 0.3 is 5.97 Å². The van der Waals surface area contributed by atoms with Gasteiger partial charge in [-0.25, -0.2) is 14.8 Å². The van der Waals surface area contributed by atoms with Gasteiger partial charge in [0.05, 0.1) is 12.2 Å². The molecule has 0 radical (unpaired) electrons. The summed E-state index contributed by atoms with van der Waals surface area (Å²) in [6.45, 7) is 0.985. The Balaban J connectivity index is 1.90. The van der Waals surface area contributed by atoms with Crippen molar-refractivity contribution < 1.29 is 9.90 Å². The molecule has 18 heavy (non-hydrogen) atoms. The number of nitrogens with one attached hydrogen (secondary N) is 1. The highest BCUT2D eigenvalue weighted by atomic mass is 16.4. The Morgan fingerprint density at radius 1 is 1.44 bits per heavy atom. The van der Waals surface area contributed by atoms with Crippen LogP contribution in [0, 0.1) is 0 Å². The summed E-state index contributed by atoms with van der Waals surface area (Å²) in [7, 11) is 1.80. The Morgan fingerprint density at radius 3 is 2.94 bits per heavy atom. The summed E-state index contributed by atoms with van der Waals surface area (Å²) in [5, 5.41) is 16.0. The second-order valence-electron chi connectivity index (χ2n) is 3.76. The number of carboxylic acid groups (broad SMARTS) is 1. The Morgan fingerprint density at radius 2 is 2.28 bits per heavy atom. The summed E-state index contributed by atoms with van der Waals surface area (Å²) in [4.78, 5) is 18.8. The maximum Gasteiger partial charge on any atom is 0.354 e. The van der Waals surface area contributed by atoms with Crippen LogP contribution in [0.4, 0.5) is 0 Å². The van der Waals surface area contributed by atoms with Crippen LogP contribution < -0.4 is 5.32 Å². The van der Waals surface area contributed by atoms with Gasteiger partial charge in [-0.3, -0.25) is 4.68 Å². The lowest BCUT2D eigenvalue weighted by Crippen LogP contribution is -2.15. The van der Waals surface area contributed by atoms with Crippen LogP contribution in [0.5, 0.6) is 0 Å². The van der Waals surface area contributed by atoms with Gasteiger partial charge in [-0.2, -0.15) is 5.10 Å². The Bertz CT molecular complexity index is 552. The summed E-state index contributed by atoms with van der Waals surface area (Å²) in [5.74, 6) is -0.338. The third kappa shape index (κ3) is 3.11. The van der Waals surface area contributed by atoms with Crippen molar-refractivity contribution in [2.24, 2.45) is 7.05 Å². The molecule has 0 aromatic carbocycles. The Hall–Kier alpha value is -2.28. The number of carboxylic acids is 1. The Labute approximate surface area is 104 Å². The molecular formula is C11H13N5O2. The Kier molecular flexibility index (Phi) is 3.63. The number of aryl methyl sites for hydroxylation is 1. The smallest absolute Gasteiger partial charge is 0.354 e. The monoisotopic (exact) mass is 247 g/mol. The zero-order chi connectivity index (χ0) is 13.0. The maximum absolute atomic E-state index is 10.7. The minimum Gasteiger partial charge on any atom is -0.477 e. The standard InChI is InChI=1S/C11H13N5O2/c1-16-7-13-10(15-16)6-12-5-8-3-2-4-9(14-8)11(17)18/h2-4,7,12H,5-6H2,1H3,(H,17,18). The van der Waals surface area contributed by atoms with Gasteiger partial charge in [-0.1, -0.05) is 6.07 Å². The molecule has 0 aliphatic heterocycles. The fourth-order valence-corrected chi connectivity index (χ4v) is 1.46. The number of pyridine rings is 1. The molecule has 0 unspecified atom stereocenters. The third-order valence-electron chi connectivity index (χ3n) is 2.26. The van der Waals surface area contributed by atoms with E-state index < -0.39 is 5.97 Å². The van der Waals surface area contributed by atoms with Crippen LogP contribution in [0.15, 0.2) is 24.5 Å². The number of hydrogen-bond acceptors (Lipinski definition) is 5. The molecule has 0 fully saturated rings. The summed E-state index contributed by atoms with van der Waals surface area (Å²) in [6, 6.07) is 4.91. The van der Waals surface area contributed by atoms with Crippen molar-refractivity contribution in [3.63, 3.8) is 0 Å². The molecule has 94 valence electrons. The van der Waals surface area contributed by atoms with Gasteiger partial charge in [0.25, 0.3) is 0 Å². The second-order valence-corrected chi connectivity index (χ2v) is 3.76. The molecule has 0 aliphatic carbocycles. The van der Waals surface area contributed by atoms with E-state index in [4.69, 9.17) is 5.11 Å². The van der Waals surface area contributed by atoms with E-state index in [2.05, 4.69) is 20.4 Å².